The van der Waals surface area contributed by atoms with Gasteiger partial charge in [0.15, 0.2) is 0 Å². The summed E-state index contributed by atoms with van der Waals surface area (Å²) >= 11 is 0. The molecule has 0 aliphatic rings. The summed E-state index contributed by atoms with van der Waals surface area (Å²) in [6.45, 7) is 21.2. The van der Waals surface area contributed by atoms with Crippen LogP contribution in [0.4, 0.5) is 0 Å². The van der Waals surface area contributed by atoms with Crippen LogP contribution in [0.3, 0.4) is 0 Å². The fourth-order valence-corrected chi connectivity index (χ4v) is 3.42. The Morgan fingerprint density at radius 2 is 1.19 bits per heavy atom. The lowest BCUT2D eigenvalue weighted by molar-refractivity contribution is 0.00694. The van der Waals surface area contributed by atoms with Crippen LogP contribution in [0.5, 0.6) is 0 Å². The molecule has 1 rings (SSSR count). The van der Waals surface area contributed by atoms with Crippen LogP contribution in [-0.2, 0) is 4.74 Å². The molecule has 6 nitrogen and oxygen atoms in total. The van der Waals surface area contributed by atoms with Gasteiger partial charge < -0.3 is 14.5 Å². The molecule has 0 heterocycles. The van der Waals surface area contributed by atoms with Crippen LogP contribution >= 0.6 is 0 Å². The predicted octanol–water partition coefficient (Wildman–Crippen LogP) is 5.27. The van der Waals surface area contributed by atoms with Gasteiger partial charge in [-0.2, -0.15) is 0 Å². The number of amides is 2. The van der Waals surface area contributed by atoms with Crippen LogP contribution in [0.1, 0.15) is 100 Å². The van der Waals surface area contributed by atoms with Crippen molar-refractivity contribution in [2.24, 2.45) is 10.8 Å². The van der Waals surface area contributed by atoms with Gasteiger partial charge in [0, 0.05) is 37.8 Å². The SMILES string of the molecule is CCN(CC(C)(C)C)C(=O)c1cc(C(=O)OC(C)(C)C)cc(C(=O)N(C)CC(C)(C)C)c1. The highest BCUT2D eigenvalue weighted by Gasteiger charge is 2.26. The standard InChI is InChI=1S/C26H42N2O4/c1-12-28(17-25(5,6)7)22(30)19-13-18(21(29)27(11)16-24(2,3)4)14-20(15-19)23(31)32-26(8,9)10/h13-15H,12,16-17H2,1-11H3. The molecule has 0 spiro atoms. The van der Waals surface area contributed by atoms with Crippen LogP contribution in [0.15, 0.2) is 18.2 Å². The van der Waals surface area contributed by atoms with Crippen molar-refractivity contribution >= 4 is 17.8 Å². The molecule has 0 unspecified atom stereocenters. The van der Waals surface area contributed by atoms with Crippen molar-refractivity contribution in [3.05, 3.63) is 34.9 Å². The zero-order valence-electron chi connectivity index (χ0n) is 21.9. The van der Waals surface area contributed by atoms with Gasteiger partial charge in [-0.3, -0.25) is 9.59 Å². The van der Waals surface area contributed by atoms with Crippen LogP contribution < -0.4 is 0 Å². The normalized spacial score (nSPS) is 12.3. The third-order valence-electron chi connectivity index (χ3n) is 4.45. The molecule has 0 aliphatic heterocycles. The summed E-state index contributed by atoms with van der Waals surface area (Å²) < 4.78 is 5.51. The van der Waals surface area contributed by atoms with E-state index in [1.165, 1.54) is 12.1 Å². The van der Waals surface area contributed by atoms with Gasteiger partial charge in [-0.15, -0.1) is 0 Å². The molecule has 6 heteroatoms. The zero-order chi connectivity index (χ0) is 25.1. The summed E-state index contributed by atoms with van der Waals surface area (Å²) in [6.07, 6.45) is 0. The van der Waals surface area contributed by atoms with E-state index in [1.54, 1.807) is 43.7 Å². The summed E-state index contributed by atoms with van der Waals surface area (Å²) in [7, 11) is 1.73. The Labute approximate surface area is 194 Å². The number of hydrogen-bond donors (Lipinski definition) is 0. The van der Waals surface area contributed by atoms with Crippen molar-refractivity contribution in [1.29, 1.82) is 0 Å². The number of carbonyl (C=O) groups is 3. The molecule has 0 fully saturated rings. The summed E-state index contributed by atoms with van der Waals surface area (Å²) in [5.74, 6) is -1.00. The van der Waals surface area contributed by atoms with Crippen LogP contribution in [0.2, 0.25) is 0 Å². The van der Waals surface area contributed by atoms with E-state index in [4.69, 9.17) is 4.74 Å². The Kier molecular flexibility index (Phi) is 8.69. The van der Waals surface area contributed by atoms with Crippen molar-refractivity contribution in [3.8, 4) is 0 Å². The second-order valence-corrected chi connectivity index (χ2v) is 11.9. The average molecular weight is 447 g/mol. The van der Waals surface area contributed by atoms with Crippen molar-refractivity contribution in [2.45, 2.75) is 74.8 Å². The van der Waals surface area contributed by atoms with E-state index >= 15 is 0 Å². The molecule has 0 saturated heterocycles. The molecule has 1 aromatic rings. The molecular formula is C26H42N2O4. The molecule has 0 bridgehead atoms. The largest absolute Gasteiger partial charge is 0.456 e. The Bertz CT molecular complexity index is 839. The second-order valence-electron chi connectivity index (χ2n) is 11.9. The van der Waals surface area contributed by atoms with E-state index in [0.29, 0.717) is 30.8 Å². The lowest BCUT2D eigenvalue weighted by atomic mass is 9.95. The molecule has 0 N–H and O–H groups in total. The van der Waals surface area contributed by atoms with Gasteiger partial charge >= 0.3 is 5.97 Å². The maximum absolute atomic E-state index is 13.3. The monoisotopic (exact) mass is 446 g/mol. The predicted molar refractivity (Wildman–Crippen MR) is 129 cm³/mol. The third-order valence-corrected chi connectivity index (χ3v) is 4.45. The van der Waals surface area contributed by atoms with Gasteiger partial charge in [0.25, 0.3) is 11.8 Å². The van der Waals surface area contributed by atoms with Crippen LogP contribution in [0.25, 0.3) is 0 Å². The van der Waals surface area contributed by atoms with Crippen LogP contribution in [0, 0.1) is 10.8 Å². The second kappa shape index (κ2) is 10.1. The van der Waals surface area contributed by atoms with Gasteiger partial charge in [-0.1, -0.05) is 41.5 Å². The molecule has 0 radical (unpaired) electrons. The molecule has 0 saturated carbocycles. The topological polar surface area (TPSA) is 66.9 Å². The molecule has 0 aliphatic carbocycles. The van der Waals surface area contributed by atoms with Crippen LogP contribution in [-0.4, -0.2) is 59.9 Å². The minimum Gasteiger partial charge on any atom is -0.456 e. The molecule has 0 aromatic heterocycles. The first kappa shape index (κ1) is 27.7. The van der Waals surface area contributed by atoms with E-state index < -0.39 is 11.6 Å². The molecule has 180 valence electrons. The van der Waals surface area contributed by atoms with Crippen molar-refractivity contribution in [3.63, 3.8) is 0 Å². The highest BCUT2D eigenvalue weighted by Crippen LogP contribution is 2.22. The Morgan fingerprint density at radius 3 is 1.59 bits per heavy atom. The first-order valence-corrected chi connectivity index (χ1v) is 11.3. The van der Waals surface area contributed by atoms with Gasteiger partial charge in [-0.05, 0) is 56.7 Å². The third kappa shape index (κ3) is 9.01. The smallest absolute Gasteiger partial charge is 0.338 e. The lowest BCUT2D eigenvalue weighted by Gasteiger charge is -2.30. The average Bonchev–Trinajstić information content (AvgIpc) is 2.60. The highest BCUT2D eigenvalue weighted by atomic mass is 16.6. The number of hydrogen-bond acceptors (Lipinski definition) is 4. The van der Waals surface area contributed by atoms with E-state index in [2.05, 4.69) is 41.5 Å². The molecule has 0 atom stereocenters. The number of rotatable bonds is 6. The first-order chi connectivity index (χ1) is 14.3. The zero-order valence-corrected chi connectivity index (χ0v) is 21.9. The van der Waals surface area contributed by atoms with E-state index in [-0.39, 0.29) is 28.2 Å². The summed E-state index contributed by atoms with van der Waals surface area (Å²) in [4.78, 5) is 42.7. The minimum absolute atomic E-state index is 0.0833. The van der Waals surface area contributed by atoms with Crippen molar-refractivity contribution in [2.75, 3.05) is 26.7 Å². The molecule has 32 heavy (non-hydrogen) atoms. The van der Waals surface area contributed by atoms with Gasteiger partial charge in [-0.25, -0.2) is 4.79 Å². The summed E-state index contributed by atoms with van der Waals surface area (Å²) in [5, 5.41) is 0. The van der Waals surface area contributed by atoms with Crippen molar-refractivity contribution < 1.29 is 19.1 Å². The minimum atomic E-state index is -0.689. The summed E-state index contributed by atoms with van der Waals surface area (Å²) in [6, 6.07) is 4.64. The number of esters is 1. The van der Waals surface area contributed by atoms with E-state index in [9.17, 15) is 14.4 Å². The van der Waals surface area contributed by atoms with Crippen molar-refractivity contribution in [1.82, 2.24) is 9.80 Å². The summed E-state index contributed by atoms with van der Waals surface area (Å²) in [5.41, 5.74) is -0.0452. The Hall–Kier alpha value is -2.37. The van der Waals surface area contributed by atoms with E-state index in [1.807, 2.05) is 6.92 Å². The lowest BCUT2D eigenvalue weighted by Crippen LogP contribution is -2.38. The highest BCUT2D eigenvalue weighted by molar-refractivity contribution is 6.03. The maximum atomic E-state index is 13.3. The van der Waals surface area contributed by atoms with Gasteiger partial charge in [0.2, 0.25) is 0 Å². The fourth-order valence-electron chi connectivity index (χ4n) is 3.42. The van der Waals surface area contributed by atoms with Gasteiger partial charge in [0.05, 0.1) is 5.56 Å². The first-order valence-electron chi connectivity index (χ1n) is 11.3. The molecule has 1 aromatic carbocycles. The molecular weight excluding hydrogens is 404 g/mol. The number of carbonyl (C=O) groups excluding carboxylic acids is 3. The quantitative estimate of drug-likeness (QED) is 0.559. The van der Waals surface area contributed by atoms with Gasteiger partial charge in [0.1, 0.15) is 5.60 Å². The number of nitrogens with zero attached hydrogens (tertiary/aromatic N) is 2. The number of ether oxygens (including phenoxy) is 1. The molecule has 2 amide bonds. The fraction of sp³-hybridized carbons (Fsp3) is 0.654. The maximum Gasteiger partial charge on any atom is 0.338 e. The Morgan fingerprint density at radius 1 is 0.750 bits per heavy atom. The Balaban J connectivity index is 3.47. The van der Waals surface area contributed by atoms with E-state index in [0.717, 1.165) is 0 Å². The number of benzene rings is 1.